The summed E-state index contributed by atoms with van der Waals surface area (Å²) in [6.45, 7) is 4.12. The number of morpholine rings is 1. The number of amides is 1. The fraction of sp³-hybridized carbons (Fsp3) is 0.500. The molecular formula is C22H25ClF3N3O4S2. The summed E-state index contributed by atoms with van der Waals surface area (Å²) in [4.78, 5) is 30.1. The fourth-order valence-corrected chi connectivity index (χ4v) is 5.29. The lowest BCUT2D eigenvalue weighted by Gasteiger charge is -2.33. The highest BCUT2D eigenvalue weighted by molar-refractivity contribution is 8.01. The van der Waals surface area contributed by atoms with Crippen molar-refractivity contribution in [2.75, 3.05) is 38.6 Å². The zero-order valence-corrected chi connectivity index (χ0v) is 21.3. The van der Waals surface area contributed by atoms with Gasteiger partial charge in [-0.25, -0.2) is 4.98 Å². The molecule has 1 N–H and O–H groups in total. The number of ether oxygens (including phenoxy) is 2. The van der Waals surface area contributed by atoms with E-state index in [1.807, 2.05) is 4.90 Å². The van der Waals surface area contributed by atoms with E-state index in [0.29, 0.717) is 48.4 Å². The van der Waals surface area contributed by atoms with Crippen molar-refractivity contribution in [2.24, 2.45) is 0 Å². The molecule has 0 radical (unpaired) electrons. The van der Waals surface area contributed by atoms with Gasteiger partial charge in [0.15, 0.2) is 4.34 Å². The van der Waals surface area contributed by atoms with Crippen LogP contribution in [0.15, 0.2) is 27.9 Å². The number of hydrogen-bond acceptors (Lipinski definition) is 8. The van der Waals surface area contributed by atoms with Crippen LogP contribution in [0.3, 0.4) is 0 Å². The molecule has 2 aromatic rings. The molecule has 0 bridgehead atoms. The van der Waals surface area contributed by atoms with E-state index in [1.165, 1.54) is 29.2 Å². The van der Waals surface area contributed by atoms with Crippen LogP contribution in [0.5, 0.6) is 0 Å². The standard InChI is InChI=1S/C22H25ClF3N3O4S2/c1-2-32-20(31)8-15-12-34-21(28-15)35-13-19(30)27-9-16-11-29(5-6-33-16)10-14-3-4-18(23)17(7-14)22(24,25)26/h3-4,7,12,16H,2,5-6,8-11,13H2,1H3,(H,27,30)/t16-/m0/s1. The van der Waals surface area contributed by atoms with Crippen molar-refractivity contribution in [2.45, 2.75) is 36.5 Å². The minimum absolute atomic E-state index is 0.0974. The van der Waals surface area contributed by atoms with Crippen molar-refractivity contribution < 1.29 is 32.2 Å². The van der Waals surface area contributed by atoms with Crippen LogP contribution in [0.4, 0.5) is 13.2 Å². The molecule has 1 fully saturated rings. The van der Waals surface area contributed by atoms with E-state index < -0.39 is 11.7 Å². The van der Waals surface area contributed by atoms with Gasteiger partial charge in [-0.2, -0.15) is 13.2 Å². The van der Waals surface area contributed by atoms with Gasteiger partial charge in [-0.3, -0.25) is 14.5 Å². The predicted octanol–water partition coefficient (Wildman–Crippen LogP) is 4.03. The molecule has 13 heteroatoms. The molecule has 1 aliphatic heterocycles. The number of carbonyl (C=O) groups excluding carboxylic acids is 2. The quantitative estimate of drug-likeness (QED) is 0.353. The second kappa shape index (κ2) is 12.9. The molecule has 0 unspecified atom stereocenters. The van der Waals surface area contributed by atoms with Gasteiger partial charge in [0.2, 0.25) is 5.91 Å². The Hall–Kier alpha value is -1.86. The van der Waals surface area contributed by atoms with Gasteiger partial charge in [0, 0.05) is 31.6 Å². The molecule has 2 heterocycles. The first-order valence-electron chi connectivity index (χ1n) is 10.8. The maximum absolute atomic E-state index is 13.1. The highest BCUT2D eigenvalue weighted by atomic mass is 35.5. The number of nitrogens with zero attached hydrogens (tertiary/aromatic N) is 2. The molecule has 1 aromatic carbocycles. The minimum Gasteiger partial charge on any atom is -0.466 e. The number of rotatable bonds is 10. The third-order valence-corrected chi connectivity index (χ3v) is 7.38. The molecule has 1 aliphatic rings. The number of benzene rings is 1. The second-order valence-corrected chi connectivity index (χ2v) is 10.2. The number of nitrogens with one attached hydrogen (secondary N) is 1. The molecule has 0 aliphatic carbocycles. The molecule has 1 aromatic heterocycles. The Morgan fingerprint density at radius 1 is 1.40 bits per heavy atom. The summed E-state index contributed by atoms with van der Waals surface area (Å²) < 4.78 is 50.6. The molecular weight excluding hydrogens is 527 g/mol. The van der Waals surface area contributed by atoms with Crippen LogP contribution < -0.4 is 5.32 Å². The Labute approximate surface area is 214 Å². The molecule has 1 atom stereocenters. The van der Waals surface area contributed by atoms with Gasteiger partial charge in [0.1, 0.15) is 0 Å². The maximum atomic E-state index is 13.1. The first-order chi connectivity index (χ1) is 16.6. The summed E-state index contributed by atoms with van der Waals surface area (Å²) in [7, 11) is 0. The Bertz CT molecular complexity index is 1020. The van der Waals surface area contributed by atoms with Crippen molar-refractivity contribution in [1.29, 1.82) is 0 Å². The predicted molar refractivity (Wildman–Crippen MR) is 128 cm³/mol. The van der Waals surface area contributed by atoms with Crippen molar-refractivity contribution in [3.63, 3.8) is 0 Å². The van der Waals surface area contributed by atoms with Gasteiger partial charge >= 0.3 is 12.1 Å². The lowest BCUT2D eigenvalue weighted by molar-refractivity contribution is -0.142. The summed E-state index contributed by atoms with van der Waals surface area (Å²) in [5.74, 6) is -0.371. The average molecular weight is 552 g/mol. The van der Waals surface area contributed by atoms with Crippen LogP contribution in [-0.4, -0.2) is 66.5 Å². The summed E-state index contributed by atoms with van der Waals surface area (Å²) in [5, 5.41) is 4.26. The summed E-state index contributed by atoms with van der Waals surface area (Å²) >= 11 is 8.33. The van der Waals surface area contributed by atoms with Crippen LogP contribution in [0.2, 0.25) is 5.02 Å². The van der Waals surface area contributed by atoms with Crippen LogP contribution >= 0.6 is 34.7 Å². The molecule has 3 rings (SSSR count). The highest BCUT2D eigenvalue weighted by Crippen LogP contribution is 2.35. The summed E-state index contributed by atoms with van der Waals surface area (Å²) in [6, 6.07) is 3.91. The van der Waals surface area contributed by atoms with Gasteiger partial charge < -0.3 is 14.8 Å². The number of carbonyl (C=O) groups is 2. The van der Waals surface area contributed by atoms with E-state index in [4.69, 9.17) is 21.1 Å². The van der Waals surface area contributed by atoms with E-state index in [2.05, 4.69) is 10.3 Å². The number of alkyl halides is 3. The second-order valence-electron chi connectivity index (χ2n) is 7.72. The van der Waals surface area contributed by atoms with E-state index in [1.54, 1.807) is 18.4 Å². The first kappa shape index (κ1) is 27.7. The monoisotopic (exact) mass is 551 g/mol. The largest absolute Gasteiger partial charge is 0.466 e. The topological polar surface area (TPSA) is 80.8 Å². The Morgan fingerprint density at radius 3 is 2.94 bits per heavy atom. The van der Waals surface area contributed by atoms with E-state index in [0.717, 1.165) is 6.07 Å². The number of thioether (sulfide) groups is 1. The molecule has 0 spiro atoms. The van der Waals surface area contributed by atoms with Crippen LogP contribution in [0.1, 0.15) is 23.7 Å². The lowest BCUT2D eigenvalue weighted by Crippen LogP contribution is -2.47. The third-order valence-electron chi connectivity index (χ3n) is 4.98. The first-order valence-corrected chi connectivity index (χ1v) is 13.1. The van der Waals surface area contributed by atoms with Crippen molar-refractivity contribution in [3.05, 3.63) is 45.4 Å². The third kappa shape index (κ3) is 8.94. The van der Waals surface area contributed by atoms with Crippen molar-refractivity contribution in [3.8, 4) is 0 Å². The van der Waals surface area contributed by atoms with Gasteiger partial charge in [-0.05, 0) is 24.6 Å². The number of halogens is 4. The molecule has 35 heavy (non-hydrogen) atoms. The van der Waals surface area contributed by atoms with E-state index >= 15 is 0 Å². The van der Waals surface area contributed by atoms with Gasteiger partial charge in [0.05, 0.1) is 47.8 Å². The van der Waals surface area contributed by atoms with Crippen molar-refractivity contribution in [1.82, 2.24) is 15.2 Å². The number of aromatic nitrogens is 1. The maximum Gasteiger partial charge on any atom is 0.417 e. The lowest BCUT2D eigenvalue weighted by atomic mass is 10.1. The summed E-state index contributed by atoms with van der Waals surface area (Å²) in [5.41, 5.74) is 0.267. The number of thiazole rings is 1. The number of hydrogen-bond donors (Lipinski definition) is 1. The Kier molecular flexibility index (Phi) is 10.2. The van der Waals surface area contributed by atoms with Crippen molar-refractivity contribution >= 4 is 46.6 Å². The minimum atomic E-state index is -4.51. The average Bonchev–Trinajstić information content (AvgIpc) is 3.24. The molecule has 1 saturated heterocycles. The normalized spacial score (nSPS) is 16.8. The summed E-state index contributed by atoms with van der Waals surface area (Å²) in [6.07, 6.45) is -4.69. The van der Waals surface area contributed by atoms with E-state index in [9.17, 15) is 22.8 Å². The van der Waals surface area contributed by atoms with Crippen LogP contribution in [-0.2, 0) is 38.2 Å². The van der Waals surface area contributed by atoms with E-state index in [-0.39, 0.29) is 41.7 Å². The molecule has 0 saturated carbocycles. The molecule has 7 nitrogen and oxygen atoms in total. The Balaban J connectivity index is 1.42. The fourth-order valence-electron chi connectivity index (χ4n) is 3.40. The highest BCUT2D eigenvalue weighted by Gasteiger charge is 2.33. The van der Waals surface area contributed by atoms with Gasteiger partial charge in [-0.15, -0.1) is 11.3 Å². The molecule has 192 valence electrons. The van der Waals surface area contributed by atoms with Gasteiger partial charge in [0.25, 0.3) is 0 Å². The zero-order chi connectivity index (χ0) is 25.4. The zero-order valence-electron chi connectivity index (χ0n) is 18.9. The van der Waals surface area contributed by atoms with Crippen LogP contribution in [0, 0.1) is 0 Å². The number of esters is 1. The van der Waals surface area contributed by atoms with Crippen LogP contribution in [0.25, 0.3) is 0 Å². The smallest absolute Gasteiger partial charge is 0.417 e. The van der Waals surface area contributed by atoms with Gasteiger partial charge in [-0.1, -0.05) is 29.4 Å². The Morgan fingerprint density at radius 2 is 2.20 bits per heavy atom. The molecule has 1 amide bonds. The SMILES string of the molecule is CCOC(=O)Cc1csc(SCC(=O)NC[C@H]2CN(Cc3ccc(Cl)c(C(F)(F)F)c3)CCO2)n1.